The third-order valence-corrected chi connectivity index (χ3v) is 12.1. The van der Waals surface area contributed by atoms with E-state index in [1.165, 1.54) is 0 Å². The molecule has 0 unspecified atom stereocenters. The summed E-state index contributed by atoms with van der Waals surface area (Å²) in [6, 6.07) is 6.72. The molecule has 0 heterocycles. The van der Waals surface area contributed by atoms with E-state index in [1.807, 2.05) is 0 Å². The molecule has 2 rings (SSSR count). The quantitative estimate of drug-likeness (QED) is 0.289. The minimum Gasteiger partial charge on any atom is -0.338 e. The van der Waals surface area contributed by atoms with Crippen LogP contribution in [0.5, 0.6) is 0 Å². The van der Waals surface area contributed by atoms with Gasteiger partial charge in [0.2, 0.25) is 0 Å². The van der Waals surface area contributed by atoms with Crippen LogP contribution in [0, 0.1) is 0 Å². The molecule has 112 valence electrons. The Hall–Kier alpha value is 1.51. The van der Waals surface area contributed by atoms with E-state index in [0.717, 1.165) is 8.95 Å². The molecule has 0 spiro atoms. The summed E-state index contributed by atoms with van der Waals surface area (Å²) in [5.74, 6) is 0. The number of hydrogen-bond donors (Lipinski definition) is 1. The van der Waals surface area contributed by atoms with E-state index in [2.05, 4.69) is 95.6 Å². The van der Waals surface area contributed by atoms with Gasteiger partial charge in [-0.2, -0.15) is 0 Å². The van der Waals surface area contributed by atoms with Crippen molar-refractivity contribution < 1.29 is 9.46 Å². The summed E-state index contributed by atoms with van der Waals surface area (Å²) in [5.41, 5.74) is 0. The summed E-state index contributed by atoms with van der Waals surface area (Å²) in [4.78, 5) is 10.7. The van der Waals surface area contributed by atoms with Gasteiger partial charge in [0.1, 0.15) is 0 Å². The fourth-order valence-corrected chi connectivity index (χ4v) is 7.52. The predicted molar refractivity (Wildman–Crippen MR) is 108 cm³/mol. The lowest BCUT2D eigenvalue weighted by Crippen LogP contribution is -2.18. The van der Waals surface area contributed by atoms with Crippen molar-refractivity contribution >= 4 is 114 Å². The molecule has 2 nitrogen and oxygen atoms in total. The first-order valence-electron chi connectivity index (χ1n) is 5.29. The number of hydrogen-bond acceptors (Lipinski definition) is 1. The first kappa shape index (κ1) is 18.8. The van der Waals surface area contributed by atoms with E-state index in [1.54, 1.807) is 24.3 Å². The van der Waals surface area contributed by atoms with Crippen molar-refractivity contribution in [2.24, 2.45) is 0 Å². The van der Waals surface area contributed by atoms with Gasteiger partial charge in [-0.1, -0.05) is 0 Å². The van der Waals surface area contributed by atoms with E-state index >= 15 is 0 Å². The zero-order valence-corrected chi connectivity index (χ0v) is 20.3. The van der Waals surface area contributed by atoms with Crippen LogP contribution in [0.1, 0.15) is 0 Å². The Bertz CT molecular complexity index is 715. The SMILES string of the molecule is O=P(O)(c1ccc(Br)c(Br)c1Br)c1ccc(Br)c(Br)c1Br. The van der Waals surface area contributed by atoms with Crippen molar-refractivity contribution in [2.75, 3.05) is 0 Å². The molecule has 0 saturated carbocycles. The van der Waals surface area contributed by atoms with Gasteiger partial charge in [0, 0.05) is 26.8 Å². The van der Waals surface area contributed by atoms with Gasteiger partial charge in [-0.25, -0.2) is 0 Å². The van der Waals surface area contributed by atoms with E-state index in [0.29, 0.717) is 28.5 Å². The molecule has 0 aliphatic rings. The second kappa shape index (κ2) is 7.18. The Kier molecular flexibility index (Phi) is 6.44. The van der Waals surface area contributed by atoms with Crippen LogP contribution >= 0.6 is 103 Å². The standard InChI is InChI=1S/C12H5Br6O2P/c13-5-1-3-7(11(17)9(5)15)21(19,20)8-4-2-6(14)10(16)12(8)18/h1-4H,(H,19,20). The zero-order valence-electron chi connectivity index (χ0n) is 9.88. The highest BCUT2D eigenvalue weighted by molar-refractivity contribution is 9.15. The summed E-state index contributed by atoms with van der Waals surface area (Å²) in [5, 5.41) is 0.653. The van der Waals surface area contributed by atoms with E-state index in [9.17, 15) is 9.46 Å². The van der Waals surface area contributed by atoms with Gasteiger partial charge in [0.15, 0.2) is 0 Å². The van der Waals surface area contributed by atoms with Crippen LogP contribution in [-0.2, 0) is 4.57 Å². The minimum absolute atomic E-state index is 0.326. The first-order valence-corrected chi connectivity index (χ1v) is 11.7. The van der Waals surface area contributed by atoms with Crippen LogP contribution in [0.3, 0.4) is 0 Å². The van der Waals surface area contributed by atoms with Crippen molar-refractivity contribution in [3.05, 3.63) is 51.1 Å². The monoisotopic (exact) mass is 686 g/mol. The average Bonchev–Trinajstić information content (AvgIpc) is 2.41. The third-order valence-electron chi connectivity index (χ3n) is 2.68. The molecule has 1 N–H and O–H groups in total. The highest BCUT2D eigenvalue weighted by Crippen LogP contribution is 2.47. The molecular weight excluding hydrogens is 687 g/mol. The van der Waals surface area contributed by atoms with Crippen LogP contribution in [-0.4, -0.2) is 4.89 Å². The second-order valence-corrected chi connectivity index (χ2v) is 11.0. The van der Waals surface area contributed by atoms with Gasteiger partial charge in [0.05, 0.1) is 10.6 Å². The fourth-order valence-electron chi connectivity index (χ4n) is 1.63. The molecule has 2 aromatic carbocycles. The lowest BCUT2D eigenvalue weighted by Gasteiger charge is -2.17. The predicted octanol–water partition coefficient (Wildman–Crippen LogP) is 6.48. The smallest absolute Gasteiger partial charge is 0.261 e. The Morgan fingerprint density at radius 2 is 1.00 bits per heavy atom. The summed E-state index contributed by atoms with van der Waals surface area (Å²) < 4.78 is 17.1. The van der Waals surface area contributed by atoms with Crippen LogP contribution in [0.15, 0.2) is 51.1 Å². The van der Waals surface area contributed by atoms with Crippen molar-refractivity contribution in [3.8, 4) is 0 Å². The maximum atomic E-state index is 13.0. The van der Waals surface area contributed by atoms with Gasteiger partial charge in [0.25, 0.3) is 7.37 Å². The van der Waals surface area contributed by atoms with Crippen molar-refractivity contribution in [3.63, 3.8) is 0 Å². The van der Waals surface area contributed by atoms with Gasteiger partial charge in [-0.05, 0) is 120 Å². The van der Waals surface area contributed by atoms with Gasteiger partial charge in [-0.3, -0.25) is 4.57 Å². The molecule has 0 aliphatic heterocycles. The largest absolute Gasteiger partial charge is 0.338 e. The Morgan fingerprint density at radius 1 is 0.667 bits per heavy atom. The van der Waals surface area contributed by atoms with Crippen molar-refractivity contribution in [1.82, 2.24) is 0 Å². The molecule has 2 aromatic rings. The number of rotatable bonds is 2. The number of halogens is 6. The lowest BCUT2D eigenvalue weighted by molar-refractivity contribution is 0.500. The van der Waals surface area contributed by atoms with Crippen LogP contribution in [0.2, 0.25) is 0 Å². The van der Waals surface area contributed by atoms with E-state index < -0.39 is 7.37 Å². The molecule has 0 amide bonds. The maximum absolute atomic E-state index is 13.0. The molecule has 0 fully saturated rings. The summed E-state index contributed by atoms with van der Waals surface area (Å²) >= 11 is 20.3. The van der Waals surface area contributed by atoms with Crippen LogP contribution in [0.4, 0.5) is 0 Å². The van der Waals surface area contributed by atoms with Crippen LogP contribution < -0.4 is 10.6 Å². The van der Waals surface area contributed by atoms with Crippen LogP contribution in [0.25, 0.3) is 0 Å². The highest BCUT2D eigenvalue weighted by atomic mass is 79.9. The molecular formula is C12H5Br6O2P. The summed E-state index contributed by atoms with van der Waals surface area (Å²) in [6.45, 7) is 0. The Balaban J connectivity index is 2.72. The molecule has 0 aromatic heterocycles. The minimum atomic E-state index is -3.76. The summed E-state index contributed by atoms with van der Waals surface area (Å²) in [6.07, 6.45) is 0. The first-order chi connectivity index (χ1) is 9.67. The fraction of sp³-hybridized carbons (Fsp3) is 0. The molecule has 0 atom stereocenters. The summed E-state index contributed by atoms with van der Waals surface area (Å²) in [7, 11) is -3.76. The van der Waals surface area contributed by atoms with E-state index in [-0.39, 0.29) is 0 Å². The molecule has 0 radical (unpaired) electrons. The van der Waals surface area contributed by atoms with Crippen molar-refractivity contribution in [2.45, 2.75) is 0 Å². The molecule has 9 heteroatoms. The number of benzene rings is 2. The lowest BCUT2D eigenvalue weighted by atomic mass is 10.4. The van der Waals surface area contributed by atoms with Gasteiger partial charge in [-0.15, -0.1) is 0 Å². The normalized spacial score (nSPS) is 11.8. The zero-order chi connectivity index (χ0) is 15.9. The topological polar surface area (TPSA) is 37.3 Å². The Labute approximate surface area is 172 Å². The van der Waals surface area contributed by atoms with Gasteiger partial charge >= 0.3 is 0 Å². The molecule has 21 heavy (non-hydrogen) atoms. The highest BCUT2D eigenvalue weighted by Gasteiger charge is 2.31. The molecule has 0 aliphatic carbocycles. The molecule has 0 saturated heterocycles. The van der Waals surface area contributed by atoms with E-state index in [4.69, 9.17) is 0 Å². The Morgan fingerprint density at radius 3 is 1.33 bits per heavy atom. The maximum Gasteiger partial charge on any atom is 0.261 e. The second-order valence-electron chi connectivity index (χ2n) is 3.96. The third kappa shape index (κ3) is 3.63. The molecule has 0 bridgehead atoms. The van der Waals surface area contributed by atoms with Crippen molar-refractivity contribution in [1.29, 1.82) is 0 Å². The van der Waals surface area contributed by atoms with Gasteiger partial charge < -0.3 is 4.89 Å². The average molecular weight is 692 g/mol.